The number of pyridine rings is 1. The number of nitrogens with zero attached hydrogens (tertiary/aromatic N) is 4. The third kappa shape index (κ3) is 3.78. The molecular weight excluding hydrogens is 493 g/mol. The number of rotatable bonds is 4. The van der Waals surface area contributed by atoms with Gasteiger partial charge in [-0.2, -0.15) is 5.10 Å². The van der Waals surface area contributed by atoms with Crippen LogP contribution < -0.4 is 5.69 Å². The van der Waals surface area contributed by atoms with Gasteiger partial charge >= 0.3 is 5.69 Å². The second-order valence-electron chi connectivity index (χ2n) is 8.49. The summed E-state index contributed by atoms with van der Waals surface area (Å²) < 4.78 is 41.9. The van der Waals surface area contributed by atoms with Gasteiger partial charge in [-0.05, 0) is 35.7 Å². The molecule has 0 aliphatic carbocycles. The van der Waals surface area contributed by atoms with E-state index < -0.39 is 21.3 Å². The molecule has 0 spiro atoms. The minimum atomic E-state index is -3.75. The van der Waals surface area contributed by atoms with Crippen molar-refractivity contribution in [1.29, 1.82) is 0 Å². The summed E-state index contributed by atoms with van der Waals surface area (Å²) in [5.41, 5.74) is 0.690. The molecular formula is C24H19ClFN5O3S. The Labute approximate surface area is 204 Å². The molecule has 1 N–H and O–H groups in total. The molecule has 0 unspecified atom stereocenters. The van der Waals surface area contributed by atoms with Gasteiger partial charge in [0.1, 0.15) is 11.5 Å². The van der Waals surface area contributed by atoms with Crippen LogP contribution in [0.3, 0.4) is 0 Å². The number of hydrogen-bond donors (Lipinski definition) is 1. The van der Waals surface area contributed by atoms with Crippen molar-refractivity contribution in [3.05, 3.63) is 75.7 Å². The molecule has 0 aliphatic heterocycles. The second kappa shape index (κ2) is 8.24. The summed E-state index contributed by atoms with van der Waals surface area (Å²) in [6, 6.07) is 9.33. The normalized spacial score (nSPS) is 12.2. The van der Waals surface area contributed by atoms with Gasteiger partial charge in [0.15, 0.2) is 15.5 Å². The van der Waals surface area contributed by atoms with Crippen LogP contribution >= 0.6 is 11.6 Å². The van der Waals surface area contributed by atoms with Crippen molar-refractivity contribution >= 4 is 43.4 Å². The van der Waals surface area contributed by atoms with Gasteiger partial charge in [-0.1, -0.05) is 37.6 Å². The first-order chi connectivity index (χ1) is 16.6. The van der Waals surface area contributed by atoms with Crippen molar-refractivity contribution in [2.75, 3.05) is 6.26 Å². The minimum Gasteiger partial charge on any atom is -0.277 e. The van der Waals surface area contributed by atoms with E-state index in [0.717, 1.165) is 10.8 Å². The number of benzene rings is 2. The van der Waals surface area contributed by atoms with Crippen LogP contribution in [0.25, 0.3) is 38.9 Å². The number of sulfone groups is 1. The number of nitrogens with one attached hydrogen (secondary N) is 1. The zero-order valence-electron chi connectivity index (χ0n) is 18.9. The van der Waals surface area contributed by atoms with Crippen LogP contribution in [0.15, 0.2) is 58.5 Å². The molecule has 3 aromatic heterocycles. The molecule has 0 saturated carbocycles. The maximum atomic E-state index is 15.4. The van der Waals surface area contributed by atoms with Gasteiger partial charge in [0.2, 0.25) is 0 Å². The topological polar surface area (TPSA) is 111 Å². The maximum absolute atomic E-state index is 15.4. The zero-order valence-corrected chi connectivity index (χ0v) is 20.4. The number of para-hydroxylation sites is 1. The summed E-state index contributed by atoms with van der Waals surface area (Å²) in [6.45, 7) is 3.76. The highest BCUT2D eigenvalue weighted by Gasteiger charge is 2.24. The van der Waals surface area contributed by atoms with Gasteiger partial charge in [-0.15, -0.1) is 0 Å². The van der Waals surface area contributed by atoms with Gasteiger partial charge in [0.25, 0.3) is 0 Å². The molecule has 5 rings (SSSR count). The first-order valence-electron chi connectivity index (χ1n) is 10.6. The largest absolute Gasteiger partial charge is 0.353 e. The Morgan fingerprint density at radius 3 is 2.60 bits per heavy atom. The predicted octanol–water partition coefficient (Wildman–Crippen LogP) is 4.64. The fraction of sp³-hybridized carbons (Fsp3) is 0.167. The molecule has 5 aromatic rings. The third-order valence-electron chi connectivity index (χ3n) is 5.78. The summed E-state index contributed by atoms with van der Waals surface area (Å²) in [6.07, 6.45) is 3.85. The highest BCUT2D eigenvalue weighted by Crippen LogP contribution is 2.36. The molecule has 8 nitrogen and oxygen atoms in total. The summed E-state index contributed by atoms with van der Waals surface area (Å²) in [5, 5.41) is 7.96. The Morgan fingerprint density at radius 2 is 1.89 bits per heavy atom. The van der Waals surface area contributed by atoms with Crippen molar-refractivity contribution in [2.24, 2.45) is 0 Å². The smallest absolute Gasteiger partial charge is 0.277 e. The first kappa shape index (κ1) is 23.1. The van der Waals surface area contributed by atoms with E-state index in [1.807, 2.05) is 13.8 Å². The molecule has 0 aliphatic rings. The SMILES string of the molecule is CC(C)c1cccc(S(C)(=O)=O)c1-n1c(=O)ncc2cc(F)c(-c3c(Cl)ccc4cn[nH]c34)nc21. The van der Waals surface area contributed by atoms with Crippen LogP contribution in [0.2, 0.25) is 5.02 Å². The molecule has 3 heterocycles. The monoisotopic (exact) mass is 511 g/mol. The lowest BCUT2D eigenvalue weighted by molar-refractivity contribution is 0.600. The molecule has 0 atom stereocenters. The standard InChI is InChI=1S/C24H19ClFN5O3S/c1-12(2)15-5-4-6-18(35(3,33)34)22(15)31-23-14(10-27-24(31)32)9-17(26)21(29-23)19-16(25)8-7-13-11-28-30-20(13)19/h4-12H,1-3H3,(H,28,30). The first-order valence-corrected chi connectivity index (χ1v) is 12.9. The van der Waals surface area contributed by atoms with Crippen molar-refractivity contribution in [3.63, 3.8) is 0 Å². The summed E-state index contributed by atoms with van der Waals surface area (Å²) in [5.74, 6) is -0.823. The number of fused-ring (bicyclic) bond motifs is 2. The van der Waals surface area contributed by atoms with Gasteiger partial charge in [0.05, 0.1) is 27.3 Å². The Bertz CT molecular complexity index is 1810. The fourth-order valence-corrected chi connectivity index (χ4v) is 5.31. The number of halogens is 2. The van der Waals surface area contributed by atoms with E-state index in [-0.39, 0.29) is 43.8 Å². The van der Waals surface area contributed by atoms with Crippen molar-refractivity contribution in [1.82, 2.24) is 24.7 Å². The molecule has 0 radical (unpaired) electrons. The van der Waals surface area contributed by atoms with Gasteiger partial charge in [-0.3, -0.25) is 5.10 Å². The summed E-state index contributed by atoms with van der Waals surface area (Å²) in [7, 11) is -3.75. The van der Waals surface area contributed by atoms with Crippen LogP contribution in [-0.2, 0) is 9.84 Å². The van der Waals surface area contributed by atoms with E-state index in [1.165, 1.54) is 18.3 Å². The summed E-state index contributed by atoms with van der Waals surface area (Å²) >= 11 is 6.44. The van der Waals surface area contributed by atoms with Crippen LogP contribution in [0, 0.1) is 5.82 Å². The van der Waals surface area contributed by atoms with Crippen molar-refractivity contribution < 1.29 is 12.8 Å². The molecule has 0 fully saturated rings. The second-order valence-corrected chi connectivity index (χ2v) is 10.9. The molecule has 0 amide bonds. The van der Waals surface area contributed by atoms with E-state index in [1.54, 1.807) is 30.5 Å². The van der Waals surface area contributed by atoms with E-state index in [4.69, 9.17) is 11.6 Å². The number of aromatic nitrogens is 5. The molecule has 2 aromatic carbocycles. The zero-order chi connectivity index (χ0) is 25.1. The Hall–Kier alpha value is -3.63. The maximum Gasteiger partial charge on any atom is 0.353 e. The summed E-state index contributed by atoms with van der Waals surface area (Å²) in [4.78, 5) is 21.5. The number of hydrogen-bond acceptors (Lipinski definition) is 6. The Kier molecular flexibility index (Phi) is 5.45. The Balaban J connectivity index is 1.95. The highest BCUT2D eigenvalue weighted by atomic mass is 35.5. The lowest BCUT2D eigenvalue weighted by atomic mass is 10.0. The van der Waals surface area contributed by atoms with Gasteiger partial charge in [0, 0.05) is 28.8 Å². The molecule has 35 heavy (non-hydrogen) atoms. The number of H-pyrrole nitrogens is 1. The molecule has 0 saturated heterocycles. The van der Waals surface area contributed by atoms with Crippen molar-refractivity contribution in [2.45, 2.75) is 24.7 Å². The lowest BCUT2D eigenvalue weighted by Gasteiger charge is -2.19. The average Bonchev–Trinajstić information content (AvgIpc) is 3.27. The lowest BCUT2D eigenvalue weighted by Crippen LogP contribution is -2.25. The quantitative estimate of drug-likeness (QED) is 0.376. The number of aromatic amines is 1. The van der Waals surface area contributed by atoms with Crippen LogP contribution in [0.5, 0.6) is 0 Å². The van der Waals surface area contributed by atoms with E-state index >= 15 is 4.39 Å². The van der Waals surface area contributed by atoms with Crippen LogP contribution in [-0.4, -0.2) is 39.4 Å². The Morgan fingerprint density at radius 1 is 1.11 bits per heavy atom. The molecule has 178 valence electrons. The molecule has 11 heteroatoms. The average molecular weight is 512 g/mol. The van der Waals surface area contributed by atoms with Crippen LogP contribution in [0.4, 0.5) is 4.39 Å². The fourth-order valence-electron chi connectivity index (χ4n) is 4.18. The molecule has 0 bridgehead atoms. The van der Waals surface area contributed by atoms with Gasteiger partial charge in [-0.25, -0.2) is 32.1 Å². The van der Waals surface area contributed by atoms with E-state index in [2.05, 4.69) is 20.2 Å². The van der Waals surface area contributed by atoms with E-state index in [0.29, 0.717) is 16.5 Å². The van der Waals surface area contributed by atoms with Crippen LogP contribution in [0.1, 0.15) is 25.3 Å². The predicted molar refractivity (Wildman–Crippen MR) is 132 cm³/mol. The highest BCUT2D eigenvalue weighted by molar-refractivity contribution is 7.90. The third-order valence-corrected chi connectivity index (χ3v) is 7.22. The van der Waals surface area contributed by atoms with E-state index in [9.17, 15) is 13.2 Å². The van der Waals surface area contributed by atoms with Crippen molar-refractivity contribution in [3.8, 4) is 16.9 Å². The van der Waals surface area contributed by atoms with Gasteiger partial charge < -0.3 is 0 Å². The minimum absolute atomic E-state index is 0.0481.